The topological polar surface area (TPSA) is 73.4 Å². The van der Waals surface area contributed by atoms with Gasteiger partial charge in [-0.1, -0.05) is 91.0 Å². The summed E-state index contributed by atoms with van der Waals surface area (Å²) in [5.41, 5.74) is 1.50. The van der Waals surface area contributed by atoms with Gasteiger partial charge in [-0.2, -0.15) is 0 Å². The Kier molecular flexibility index (Phi) is 9.37. The number of rotatable bonds is 10. The third-order valence-electron chi connectivity index (χ3n) is 7.89. The molecule has 5 heteroatoms. The molecule has 3 aromatic carbocycles. The van der Waals surface area contributed by atoms with E-state index in [2.05, 4.69) is 53.2 Å². The number of carbonyl (C=O) groups is 1. The molecule has 0 unspecified atom stereocenters. The number of carbonyl (C=O) groups excluding carboxylic acids is 1. The van der Waals surface area contributed by atoms with Crippen LogP contribution < -0.4 is 16.0 Å². The fourth-order valence-electron chi connectivity index (χ4n) is 5.54. The molecule has 0 radical (unpaired) electrons. The Labute approximate surface area is 221 Å². The van der Waals surface area contributed by atoms with E-state index in [0.717, 1.165) is 49.8 Å². The molecule has 4 rings (SSSR count). The van der Waals surface area contributed by atoms with Crippen LogP contribution in [0.15, 0.2) is 91.0 Å². The average Bonchev–Trinajstić information content (AvgIpc) is 2.94. The lowest BCUT2D eigenvalue weighted by atomic mass is 9.81. The molecule has 4 N–H and O–H groups in total. The SMILES string of the molecule is C[C@@H](NCCC1CCC(NC(=O)N[C@H](C)C(O)(c2ccccc2)c2ccccc2)CC1)c1ccccc1. The maximum Gasteiger partial charge on any atom is 0.315 e. The van der Waals surface area contributed by atoms with Gasteiger partial charge in [0.15, 0.2) is 0 Å². The maximum atomic E-state index is 13.0. The number of benzene rings is 3. The highest BCUT2D eigenvalue weighted by Crippen LogP contribution is 2.33. The molecule has 0 saturated heterocycles. The number of aliphatic hydroxyl groups is 1. The molecule has 37 heavy (non-hydrogen) atoms. The summed E-state index contributed by atoms with van der Waals surface area (Å²) in [6.07, 6.45) is 5.39. The molecule has 5 nitrogen and oxygen atoms in total. The third kappa shape index (κ3) is 7.00. The summed E-state index contributed by atoms with van der Waals surface area (Å²) in [6, 6.07) is 29.4. The lowest BCUT2D eigenvalue weighted by Gasteiger charge is -2.36. The minimum atomic E-state index is -1.33. The van der Waals surface area contributed by atoms with E-state index in [1.54, 1.807) is 0 Å². The largest absolute Gasteiger partial charge is 0.378 e. The van der Waals surface area contributed by atoms with E-state index in [4.69, 9.17) is 0 Å². The van der Waals surface area contributed by atoms with Gasteiger partial charge in [0.05, 0.1) is 6.04 Å². The minimum absolute atomic E-state index is 0.168. The van der Waals surface area contributed by atoms with Crippen molar-refractivity contribution in [3.05, 3.63) is 108 Å². The molecule has 2 amide bonds. The highest BCUT2D eigenvalue weighted by molar-refractivity contribution is 5.75. The van der Waals surface area contributed by atoms with Gasteiger partial charge in [-0.05, 0) is 75.1 Å². The molecule has 1 aliphatic carbocycles. The maximum absolute atomic E-state index is 13.0. The first-order valence-corrected chi connectivity index (χ1v) is 13.7. The Morgan fingerprint density at radius 2 is 1.35 bits per heavy atom. The number of urea groups is 1. The van der Waals surface area contributed by atoms with Crippen LogP contribution in [0.1, 0.15) is 68.7 Å². The van der Waals surface area contributed by atoms with E-state index in [-0.39, 0.29) is 12.1 Å². The average molecular weight is 500 g/mol. The van der Waals surface area contributed by atoms with E-state index < -0.39 is 11.6 Å². The molecular formula is C32H41N3O2. The van der Waals surface area contributed by atoms with Crippen molar-refractivity contribution in [2.45, 2.75) is 69.7 Å². The van der Waals surface area contributed by atoms with Crippen molar-refractivity contribution in [1.29, 1.82) is 0 Å². The third-order valence-corrected chi connectivity index (χ3v) is 7.89. The summed E-state index contributed by atoms with van der Waals surface area (Å²) in [5, 5.41) is 21.7. The molecule has 0 aliphatic heterocycles. The first-order chi connectivity index (χ1) is 18.0. The highest BCUT2D eigenvalue weighted by atomic mass is 16.3. The summed E-state index contributed by atoms with van der Waals surface area (Å²) in [5.74, 6) is 0.691. The molecule has 0 aromatic heterocycles. The zero-order chi connectivity index (χ0) is 26.1. The highest BCUT2D eigenvalue weighted by Gasteiger charge is 2.38. The molecule has 0 bridgehead atoms. The van der Waals surface area contributed by atoms with Gasteiger partial charge in [0.1, 0.15) is 5.60 Å². The molecule has 2 atom stereocenters. The van der Waals surface area contributed by atoms with E-state index in [0.29, 0.717) is 12.0 Å². The van der Waals surface area contributed by atoms with Gasteiger partial charge in [0.25, 0.3) is 0 Å². The predicted molar refractivity (Wildman–Crippen MR) is 150 cm³/mol. The molecule has 196 valence electrons. The van der Waals surface area contributed by atoms with Crippen LogP contribution >= 0.6 is 0 Å². The van der Waals surface area contributed by atoms with E-state index in [1.165, 1.54) is 5.56 Å². The standard InChI is InChI=1S/C32H41N3O2/c1-24(27-12-6-3-7-13-27)33-23-22-26-18-20-30(21-19-26)35-31(36)34-25(2)32(37,28-14-8-4-9-15-28)29-16-10-5-11-17-29/h3-17,24-26,30,33,37H,18-23H2,1-2H3,(H2,34,35,36)/t24-,25-,26?,30?/m1/s1. The van der Waals surface area contributed by atoms with Crippen LogP contribution in [0.25, 0.3) is 0 Å². The van der Waals surface area contributed by atoms with Gasteiger partial charge >= 0.3 is 6.03 Å². The summed E-state index contributed by atoms with van der Waals surface area (Å²) < 4.78 is 0. The second-order valence-corrected chi connectivity index (χ2v) is 10.4. The van der Waals surface area contributed by atoms with Crippen LogP contribution in [0.2, 0.25) is 0 Å². The zero-order valence-corrected chi connectivity index (χ0v) is 22.1. The van der Waals surface area contributed by atoms with E-state index in [1.807, 2.05) is 67.6 Å². The second-order valence-electron chi connectivity index (χ2n) is 10.4. The zero-order valence-electron chi connectivity index (χ0n) is 22.1. The Bertz CT molecular complexity index is 1040. The van der Waals surface area contributed by atoms with Crippen molar-refractivity contribution in [2.24, 2.45) is 5.92 Å². The van der Waals surface area contributed by atoms with Crippen molar-refractivity contribution < 1.29 is 9.90 Å². The molecule has 1 aliphatic rings. The molecule has 3 aromatic rings. The van der Waals surface area contributed by atoms with E-state index in [9.17, 15) is 9.90 Å². The number of hydrogen-bond donors (Lipinski definition) is 4. The quantitative estimate of drug-likeness (QED) is 0.280. The van der Waals surface area contributed by atoms with Crippen LogP contribution in [0.3, 0.4) is 0 Å². The van der Waals surface area contributed by atoms with Crippen molar-refractivity contribution in [3.63, 3.8) is 0 Å². The number of hydrogen-bond acceptors (Lipinski definition) is 3. The molecular weight excluding hydrogens is 458 g/mol. The van der Waals surface area contributed by atoms with Crippen molar-refractivity contribution in [3.8, 4) is 0 Å². The second kappa shape index (κ2) is 12.9. The van der Waals surface area contributed by atoms with Gasteiger partial charge in [-0.3, -0.25) is 0 Å². The minimum Gasteiger partial charge on any atom is -0.378 e. The Hall–Kier alpha value is -3.15. The van der Waals surface area contributed by atoms with Gasteiger partial charge < -0.3 is 21.1 Å². The monoisotopic (exact) mass is 499 g/mol. The van der Waals surface area contributed by atoms with Gasteiger partial charge in [-0.15, -0.1) is 0 Å². The van der Waals surface area contributed by atoms with Gasteiger partial charge in [0.2, 0.25) is 0 Å². The Balaban J connectivity index is 1.25. The number of nitrogens with one attached hydrogen (secondary N) is 3. The van der Waals surface area contributed by atoms with Crippen molar-refractivity contribution in [2.75, 3.05) is 6.54 Å². The van der Waals surface area contributed by atoms with Gasteiger partial charge in [-0.25, -0.2) is 4.79 Å². The molecule has 0 heterocycles. The molecule has 1 saturated carbocycles. The fourth-order valence-corrected chi connectivity index (χ4v) is 5.54. The Morgan fingerprint density at radius 3 is 1.89 bits per heavy atom. The summed E-state index contributed by atoms with van der Waals surface area (Å²) >= 11 is 0. The van der Waals surface area contributed by atoms with Crippen LogP contribution in [-0.4, -0.2) is 29.8 Å². The van der Waals surface area contributed by atoms with Crippen LogP contribution in [-0.2, 0) is 5.60 Å². The van der Waals surface area contributed by atoms with Crippen LogP contribution in [0.5, 0.6) is 0 Å². The predicted octanol–water partition coefficient (Wildman–Crippen LogP) is 5.91. The molecule has 1 fully saturated rings. The number of amides is 2. The van der Waals surface area contributed by atoms with Crippen molar-refractivity contribution in [1.82, 2.24) is 16.0 Å². The lowest BCUT2D eigenvalue weighted by molar-refractivity contribution is 0.0470. The summed E-state index contributed by atoms with van der Waals surface area (Å²) in [4.78, 5) is 13.0. The normalized spacial score (nSPS) is 19.5. The van der Waals surface area contributed by atoms with E-state index >= 15 is 0 Å². The van der Waals surface area contributed by atoms with Crippen LogP contribution in [0, 0.1) is 5.92 Å². The fraction of sp³-hybridized carbons (Fsp3) is 0.406. The van der Waals surface area contributed by atoms with Gasteiger partial charge in [0, 0.05) is 12.1 Å². The summed E-state index contributed by atoms with van der Waals surface area (Å²) in [6.45, 7) is 5.08. The first-order valence-electron chi connectivity index (χ1n) is 13.7. The smallest absolute Gasteiger partial charge is 0.315 e. The molecule has 0 spiro atoms. The summed E-state index contributed by atoms with van der Waals surface area (Å²) in [7, 11) is 0. The first kappa shape index (κ1) is 26.9. The Morgan fingerprint density at radius 1 is 0.838 bits per heavy atom. The van der Waals surface area contributed by atoms with Crippen molar-refractivity contribution >= 4 is 6.03 Å². The van der Waals surface area contributed by atoms with Crippen LogP contribution in [0.4, 0.5) is 4.79 Å². The lowest BCUT2D eigenvalue weighted by Crippen LogP contribution is -2.54.